The van der Waals surface area contributed by atoms with Crippen molar-refractivity contribution < 1.29 is 17.9 Å². The Morgan fingerprint density at radius 3 is 2.49 bits per heavy atom. The topological polar surface area (TPSA) is 128 Å². The molecule has 3 N–H and O–H groups in total. The second-order valence-corrected chi connectivity index (χ2v) is 11.0. The van der Waals surface area contributed by atoms with Crippen LogP contribution in [0.2, 0.25) is 0 Å². The highest BCUT2D eigenvalue weighted by molar-refractivity contribution is 7.90. The molecule has 4 rings (SSSR count). The van der Waals surface area contributed by atoms with Gasteiger partial charge in [-0.05, 0) is 62.1 Å². The molecular formula is C25H29N5O4S. The molecule has 10 heteroatoms. The van der Waals surface area contributed by atoms with Gasteiger partial charge in [0.15, 0.2) is 5.03 Å². The van der Waals surface area contributed by atoms with Gasteiger partial charge in [-0.3, -0.25) is 4.79 Å². The van der Waals surface area contributed by atoms with Gasteiger partial charge in [0.1, 0.15) is 17.4 Å². The molecule has 1 aliphatic rings. The van der Waals surface area contributed by atoms with Crippen molar-refractivity contribution in [3.05, 3.63) is 60.3 Å². The number of aromatic nitrogens is 2. The van der Waals surface area contributed by atoms with Gasteiger partial charge in [0, 0.05) is 23.8 Å². The number of rotatable bonds is 6. The Bertz CT molecular complexity index is 1360. The highest BCUT2D eigenvalue weighted by Gasteiger charge is 2.39. The van der Waals surface area contributed by atoms with Crippen molar-refractivity contribution >= 4 is 27.6 Å². The lowest BCUT2D eigenvalue weighted by Gasteiger charge is -2.33. The van der Waals surface area contributed by atoms with Gasteiger partial charge in [0.05, 0.1) is 12.7 Å². The molecule has 0 radical (unpaired) electrons. The van der Waals surface area contributed by atoms with Crippen LogP contribution in [0.4, 0.5) is 11.6 Å². The number of methoxy groups -OCH3 is 1. The van der Waals surface area contributed by atoms with Crippen molar-refractivity contribution in [3.8, 4) is 16.9 Å². The van der Waals surface area contributed by atoms with E-state index in [1.54, 1.807) is 19.4 Å². The van der Waals surface area contributed by atoms with Gasteiger partial charge < -0.3 is 15.4 Å². The quantitative estimate of drug-likeness (QED) is 0.532. The maximum Gasteiger partial charge on any atom is 0.281 e. The van der Waals surface area contributed by atoms with Gasteiger partial charge in [0.2, 0.25) is 0 Å². The van der Waals surface area contributed by atoms with Gasteiger partial charge in [-0.15, -0.1) is 0 Å². The zero-order valence-electron chi connectivity index (χ0n) is 20.1. The van der Waals surface area contributed by atoms with Crippen molar-refractivity contribution in [1.29, 1.82) is 0 Å². The number of carbonyl (C=O) groups is 1. The molecule has 3 heterocycles. The third kappa shape index (κ3) is 5.07. The summed E-state index contributed by atoms with van der Waals surface area (Å²) in [5.74, 6) is 0.776. The zero-order chi connectivity index (χ0) is 25.4. The van der Waals surface area contributed by atoms with E-state index in [9.17, 15) is 13.2 Å². The van der Waals surface area contributed by atoms with Crippen molar-refractivity contribution in [2.24, 2.45) is 5.92 Å². The second-order valence-electron chi connectivity index (χ2n) is 9.39. The third-order valence-corrected chi connectivity index (χ3v) is 7.34. The lowest BCUT2D eigenvalue weighted by molar-refractivity contribution is 0.0981. The first kappa shape index (κ1) is 24.5. The van der Waals surface area contributed by atoms with Crippen LogP contribution >= 0.6 is 0 Å². The van der Waals surface area contributed by atoms with Crippen molar-refractivity contribution in [2.45, 2.75) is 37.8 Å². The summed E-state index contributed by atoms with van der Waals surface area (Å²) in [6.07, 6.45) is 2.61. The van der Waals surface area contributed by atoms with Gasteiger partial charge in [0.25, 0.3) is 15.9 Å². The highest BCUT2D eigenvalue weighted by atomic mass is 32.2. The Balaban J connectivity index is 1.77. The summed E-state index contributed by atoms with van der Waals surface area (Å²) in [6.45, 7) is 7.02. The molecule has 0 saturated carbocycles. The van der Waals surface area contributed by atoms with Gasteiger partial charge in [-0.1, -0.05) is 25.1 Å². The van der Waals surface area contributed by atoms with Crippen LogP contribution in [0, 0.1) is 5.92 Å². The maximum absolute atomic E-state index is 13.4. The van der Waals surface area contributed by atoms with E-state index in [0.29, 0.717) is 29.6 Å². The van der Waals surface area contributed by atoms with E-state index in [4.69, 9.17) is 10.5 Å². The largest absolute Gasteiger partial charge is 0.497 e. The first-order chi connectivity index (χ1) is 16.5. The van der Waals surface area contributed by atoms with E-state index in [1.807, 2.05) is 24.3 Å². The van der Waals surface area contributed by atoms with E-state index < -0.39 is 15.9 Å². The first-order valence-corrected chi connectivity index (χ1v) is 12.7. The monoisotopic (exact) mass is 495 g/mol. The summed E-state index contributed by atoms with van der Waals surface area (Å²) in [5.41, 5.74) is 7.03. The Hall–Kier alpha value is -3.66. The van der Waals surface area contributed by atoms with Crippen molar-refractivity contribution in [2.75, 3.05) is 24.3 Å². The molecule has 1 aliphatic heterocycles. The molecule has 9 nitrogen and oxygen atoms in total. The van der Waals surface area contributed by atoms with E-state index in [-0.39, 0.29) is 21.9 Å². The number of nitrogen functional groups attached to an aromatic ring is 1. The van der Waals surface area contributed by atoms with Crippen molar-refractivity contribution in [3.63, 3.8) is 0 Å². The van der Waals surface area contributed by atoms with Crippen molar-refractivity contribution in [1.82, 2.24) is 14.7 Å². The number of amides is 1. The number of anilines is 2. The highest BCUT2D eigenvalue weighted by Crippen LogP contribution is 2.38. The molecule has 0 aliphatic carbocycles. The summed E-state index contributed by atoms with van der Waals surface area (Å²) in [4.78, 5) is 24.0. The van der Waals surface area contributed by atoms with E-state index >= 15 is 0 Å². The zero-order valence-corrected chi connectivity index (χ0v) is 21.0. The average molecular weight is 496 g/mol. The predicted molar refractivity (Wildman–Crippen MR) is 135 cm³/mol. The Kier molecular flexibility index (Phi) is 6.42. The van der Waals surface area contributed by atoms with Gasteiger partial charge in [-0.25, -0.2) is 14.7 Å². The second kappa shape index (κ2) is 9.18. The fourth-order valence-corrected chi connectivity index (χ4v) is 5.49. The minimum Gasteiger partial charge on any atom is -0.497 e. The van der Waals surface area contributed by atoms with Crippen LogP contribution in [-0.4, -0.2) is 43.5 Å². The molecular weight excluding hydrogens is 466 g/mol. The minimum atomic E-state index is -4.25. The molecule has 3 aromatic rings. The number of pyridine rings is 2. The third-order valence-electron chi connectivity index (χ3n) is 6.11. The van der Waals surface area contributed by atoms with Crippen LogP contribution in [-0.2, 0) is 10.0 Å². The van der Waals surface area contributed by atoms with E-state index in [0.717, 1.165) is 12.0 Å². The summed E-state index contributed by atoms with van der Waals surface area (Å²) >= 11 is 0. The van der Waals surface area contributed by atoms with Gasteiger partial charge in [-0.2, -0.15) is 8.42 Å². The molecule has 2 aromatic heterocycles. The number of nitrogens with two attached hydrogens (primary N) is 1. The normalized spacial score (nSPS) is 17.3. The van der Waals surface area contributed by atoms with E-state index in [2.05, 4.69) is 40.4 Å². The smallest absolute Gasteiger partial charge is 0.281 e. The summed E-state index contributed by atoms with van der Waals surface area (Å²) < 4.78 is 33.2. The minimum absolute atomic E-state index is 0.0389. The summed E-state index contributed by atoms with van der Waals surface area (Å²) in [7, 11) is -2.66. The standard InChI is InChI=1S/C25H29N5O4S/c1-16-13-25(2,3)30(15-16)23-20(12-18(14-27-23)17-8-10-19(34-4)11-9-17)24(31)29-35(32,33)22-7-5-6-21(26)28-22/h5-12,14,16H,13,15H2,1-4H3,(H2,26,28)(H,29,31). The van der Waals surface area contributed by atoms with Crippen LogP contribution in [0.1, 0.15) is 37.6 Å². The maximum atomic E-state index is 13.4. The van der Waals surface area contributed by atoms with Gasteiger partial charge >= 0.3 is 0 Å². The summed E-state index contributed by atoms with van der Waals surface area (Å²) in [5, 5.41) is -0.332. The Morgan fingerprint density at radius 2 is 1.89 bits per heavy atom. The number of carbonyl (C=O) groups excluding carboxylic acids is 1. The molecule has 1 fully saturated rings. The summed E-state index contributed by atoms with van der Waals surface area (Å²) in [6, 6.07) is 13.2. The predicted octanol–water partition coefficient (Wildman–Crippen LogP) is 3.48. The SMILES string of the molecule is COc1ccc(-c2cnc(N3CC(C)CC3(C)C)c(C(=O)NS(=O)(=O)c3cccc(N)n3)c2)cc1. The number of hydrogen-bond donors (Lipinski definition) is 2. The molecule has 1 saturated heterocycles. The fourth-order valence-electron chi connectivity index (χ4n) is 4.55. The molecule has 35 heavy (non-hydrogen) atoms. The number of hydrogen-bond acceptors (Lipinski definition) is 8. The molecule has 0 spiro atoms. The average Bonchev–Trinajstić information content (AvgIpc) is 3.10. The number of sulfonamides is 1. The molecule has 0 bridgehead atoms. The number of nitrogens with zero attached hydrogens (tertiary/aromatic N) is 3. The first-order valence-electron chi connectivity index (χ1n) is 11.2. The molecule has 1 amide bonds. The molecule has 1 unspecified atom stereocenters. The van der Waals surface area contributed by atoms with Crippen LogP contribution in [0.15, 0.2) is 59.8 Å². The Labute approximate surface area is 205 Å². The van der Waals surface area contributed by atoms with Crippen LogP contribution in [0.5, 0.6) is 5.75 Å². The lowest BCUT2D eigenvalue weighted by Crippen LogP contribution is -2.41. The molecule has 1 aromatic carbocycles. The fraction of sp³-hybridized carbons (Fsp3) is 0.320. The van der Waals surface area contributed by atoms with Crippen LogP contribution in [0.25, 0.3) is 11.1 Å². The lowest BCUT2D eigenvalue weighted by atomic mass is 9.97. The Morgan fingerprint density at radius 1 is 1.17 bits per heavy atom. The number of nitrogens with one attached hydrogen (secondary N) is 1. The molecule has 184 valence electrons. The van der Waals surface area contributed by atoms with E-state index in [1.165, 1.54) is 18.2 Å². The van der Waals surface area contributed by atoms with Crippen LogP contribution < -0.4 is 20.1 Å². The van der Waals surface area contributed by atoms with Crippen LogP contribution in [0.3, 0.4) is 0 Å². The molecule has 1 atom stereocenters. The number of ether oxygens (including phenoxy) is 1. The number of benzene rings is 1.